The standard InChI is InChI=1S/C15H19ClN2O2/c1-15(5-6-15)18-11-9-13(20-3)12(19-2)8-10(11)17-14(18)4-7-16/h8-9H,4-7H2,1-3H3. The minimum absolute atomic E-state index is 0.176. The van der Waals surface area contributed by atoms with Crippen molar-refractivity contribution in [3.63, 3.8) is 0 Å². The first kappa shape index (κ1) is 13.6. The third-order valence-electron chi connectivity index (χ3n) is 4.06. The van der Waals surface area contributed by atoms with Crippen molar-refractivity contribution in [1.29, 1.82) is 0 Å². The second-order valence-electron chi connectivity index (χ2n) is 5.50. The molecule has 0 saturated heterocycles. The normalized spacial score (nSPS) is 16.4. The highest BCUT2D eigenvalue weighted by molar-refractivity contribution is 6.17. The third kappa shape index (κ3) is 2.03. The molecule has 1 fully saturated rings. The van der Waals surface area contributed by atoms with Crippen LogP contribution in [0.1, 0.15) is 25.6 Å². The zero-order valence-electron chi connectivity index (χ0n) is 12.1. The van der Waals surface area contributed by atoms with Gasteiger partial charge >= 0.3 is 0 Å². The maximum absolute atomic E-state index is 5.92. The fraction of sp³-hybridized carbons (Fsp3) is 0.533. The summed E-state index contributed by atoms with van der Waals surface area (Å²) in [4.78, 5) is 4.74. The maximum atomic E-state index is 5.92. The van der Waals surface area contributed by atoms with E-state index in [1.165, 1.54) is 12.8 Å². The van der Waals surface area contributed by atoms with Gasteiger partial charge in [-0.3, -0.25) is 0 Å². The number of halogens is 1. The van der Waals surface area contributed by atoms with E-state index in [1.54, 1.807) is 14.2 Å². The van der Waals surface area contributed by atoms with Crippen LogP contribution in [0.25, 0.3) is 11.0 Å². The number of fused-ring (bicyclic) bond motifs is 1. The molecule has 0 bridgehead atoms. The van der Waals surface area contributed by atoms with E-state index < -0.39 is 0 Å². The van der Waals surface area contributed by atoms with Gasteiger partial charge in [0.1, 0.15) is 5.82 Å². The van der Waals surface area contributed by atoms with Crippen molar-refractivity contribution in [1.82, 2.24) is 9.55 Å². The van der Waals surface area contributed by atoms with Crippen molar-refractivity contribution < 1.29 is 9.47 Å². The van der Waals surface area contributed by atoms with Gasteiger partial charge in [0.15, 0.2) is 11.5 Å². The van der Waals surface area contributed by atoms with Crippen LogP contribution in [0.5, 0.6) is 11.5 Å². The van der Waals surface area contributed by atoms with Crippen molar-refractivity contribution in [2.45, 2.75) is 31.7 Å². The second-order valence-corrected chi connectivity index (χ2v) is 5.87. The van der Waals surface area contributed by atoms with Gasteiger partial charge in [-0.1, -0.05) is 0 Å². The van der Waals surface area contributed by atoms with Gasteiger partial charge in [-0.05, 0) is 19.8 Å². The van der Waals surface area contributed by atoms with Gasteiger partial charge < -0.3 is 14.0 Å². The first-order valence-corrected chi connectivity index (χ1v) is 7.36. The van der Waals surface area contributed by atoms with Crippen LogP contribution in [0, 0.1) is 0 Å². The number of rotatable bonds is 5. The van der Waals surface area contributed by atoms with E-state index >= 15 is 0 Å². The summed E-state index contributed by atoms with van der Waals surface area (Å²) in [6.07, 6.45) is 3.14. The quantitative estimate of drug-likeness (QED) is 0.794. The molecule has 0 unspecified atom stereocenters. The number of alkyl halides is 1. The molecule has 4 nitrogen and oxygen atoms in total. The predicted molar refractivity (Wildman–Crippen MR) is 80.1 cm³/mol. The molecule has 1 saturated carbocycles. The topological polar surface area (TPSA) is 36.3 Å². The van der Waals surface area contributed by atoms with Crippen molar-refractivity contribution >= 4 is 22.6 Å². The highest BCUT2D eigenvalue weighted by Crippen LogP contribution is 2.46. The predicted octanol–water partition coefficient (Wildman–Crippen LogP) is 3.34. The molecule has 0 spiro atoms. The Morgan fingerprint density at radius 1 is 1.25 bits per heavy atom. The Morgan fingerprint density at radius 2 is 1.90 bits per heavy atom. The molecule has 0 amide bonds. The van der Waals surface area contributed by atoms with Crippen molar-refractivity contribution in [2.24, 2.45) is 0 Å². The summed E-state index contributed by atoms with van der Waals surface area (Å²) < 4.78 is 13.1. The molecular formula is C15H19ClN2O2. The molecule has 108 valence electrons. The molecule has 0 radical (unpaired) electrons. The number of aromatic nitrogens is 2. The maximum Gasteiger partial charge on any atom is 0.163 e. The van der Waals surface area contributed by atoms with Gasteiger partial charge in [-0.25, -0.2) is 4.98 Å². The number of benzene rings is 1. The van der Waals surface area contributed by atoms with E-state index in [4.69, 9.17) is 26.1 Å². The van der Waals surface area contributed by atoms with E-state index in [-0.39, 0.29) is 5.54 Å². The molecule has 1 heterocycles. The SMILES string of the molecule is COc1cc2nc(CCCl)n(C3(C)CC3)c2cc1OC. The fourth-order valence-electron chi connectivity index (χ4n) is 2.71. The largest absolute Gasteiger partial charge is 0.493 e. The minimum atomic E-state index is 0.176. The lowest BCUT2D eigenvalue weighted by molar-refractivity contribution is 0.355. The first-order valence-electron chi connectivity index (χ1n) is 6.83. The number of methoxy groups -OCH3 is 2. The van der Waals surface area contributed by atoms with Gasteiger partial charge in [-0.2, -0.15) is 0 Å². The van der Waals surface area contributed by atoms with Gasteiger partial charge in [-0.15, -0.1) is 11.6 Å². The summed E-state index contributed by atoms with van der Waals surface area (Å²) in [5, 5.41) is 0. The van der Waals surface area contributed by atoms with Crippen LogP contribution < -0.4 is 9.47 Å². The number of hydrogen-bond acceptors (Lipinski definition) is 3. The zero-order valence-corrected chi connectivity index (χ0v) is 12.8. The van der Waals surface area contributed by atoms with Gasteiger partial charge in [0.2, 0.25) is 0 Å². The first-order chi connectivity index (χ1) is 9.62. The molecule has 0 aliphatic heterocycles. The number of nitrogens with zero attached hydrogens (tertiary/aromatic N) is 2. The lowest BCUT2D eigenvalue weighted by Gasteiger charge is -2.16. The highest BCUT2D eigenvalue weighted by Gasteiger charge is 2.41. The van der Waals surface area contributed by atoms with Gasteiger partial charge in [0.05, 0.1) is 25.3 Å². The second kappa shape index (κ2) is 4.85. The Kier molecular flexibility index (Phi) is 3.28. The Morgan fingerprint density at radius 3 is 2.45 bits per heavy atom. The van der Waals surface area contributed by atoms with E-state index in [1.807, 2.05) is 12.1 Å². The Bertz CT molecular complexity index is 647. The third-order valence-corrected chi connectivity index (χ3v) is 4.25. The molecule has 1 aliphatic carbocycles. The van der Waals surface area contributed by atoms with Crippen molar-refractivity contribution in [2.75, 3.05) is 20.1 Å². The van der Waals surface area contributed by atoms with Gasteiger partial charge in [0, 0.05) is 30.0 Å². The number of imidazole rings is 1. The Labute approximate surface area is 123 Å². The van der Waals surface area contributed by atoms with Crippen molar-refractivity contribution in [3.05, 3.63) is 18.0 Å². The molecule has 20 heavy (non-hydrogen) atoms. The lowest BCUT2D eigenvalue weighted by Crippen LogP contribution is -2.16. The van der Waals surface area contributed by atoms with E-state index in [2.05, 4.69) is 11.5 Å². The van der Waals surface area contributed by atoms with Crippen LogP contribution in [0.3, 0.4) is 0 Å². The minimum Gasteiger partial charge on any atom is -0.493 e. The molecule has 1 aliphatic rings. The average molecular weight is 295 g/mol. The number of aryl methyl sites for hydroxylation is 1. The van der Waals surface area contributed by atoms with Crippen LogP contribution in [-0.4, -0.2) is 29.7 Å². The molecule has 5 heteroatoms. The number of hydrogen-bond donors (Lipinski definition) is 0. The lowest BCUT2D eigenvalue weighted by atomic mass is 10.2. The van der Waals surface area contributed by atoms with Crippen molar-refractivity contribution in [3.8, 4) is 11.5 Å². The summed E-state index contributed by atoms with van der Waals surface area (Å²) in [5.74, 6) is 3.07. The Balaban J connectivity index is 2.24. The van der Waals surface area contributed by atoms with E-state index in [9.17, 15) is 0 Å². The summed E-state index contributed by atoms with van der Waals surface area (Å²) in [5.41, 5.74) is 2.22. The highest BCUT2D eigenvalue weighted by atomic mass is 35.5. The van der Waals surface area contributed by atoms with Crippen LogP contribution in [-0.2, 0) is 12.0 Å². The van der Waals surface area contributed by atoms with E-state index in [0.717, 1.165) is 29.0 Å². The average Bonchev–Trinajstić information content (AvgIpc) is 3.08. The fourth-order valence-corrected chi connectivity index (χ4v) is 2.88. The Hall–Kier alpha value is -1.42. The van der Waals surface area contributed by atoms with Crippen LogP contribution >= 0.6 is 11.6 Å². The molecule has 0 atom stereocenters. The van der Waals surface area contributed by atoms with Crippen LogP contribution in [0.15, 0.2) is 12.1 Å². The molecule has 1 aromatic heterocycles. The summed E-state index contributed by atoms with van der Waals surface area (Å²) in [7, 11) is 3.30. The molecular weight excluding hydrogens is 276 g/mol. The summed E-state index contributed by atoms with van der Waals surface area (Å²) >= 11 is 5.92. The zero-order chi connectivity index (χ0) is 14.3. The molecule has 2 aromatic rings. The number of ether oxygens (including phenoxy) is 2. The summed E-state index contributed by atoms with van der Waals surface area (Å²) in [6, 6.07) is 3.95. The molecule has 0 N–H and O–H groups in total. The van der Waals surface area contributed by atoms with Crippen LogP contribution in [0.2, 0.25) is 0 Å². The summed E-state index contributed by atoms with van der Waals surface area (Å²) in [6.45, 7) is 2.27. The van der Waals surface area contributed by atoms with Crippen LogP contribution in [0.4, 0.5) is 0 Å². The van der Waals surface area contributed by atoms with Gasteiger partial charge in [0.25, 0.3) is 0 Å². The molecule has 3 rings (SSSR count). The van der Waals surface area contributed by atoms with E-state index in [0.29, 0.717) is 11.6 Å². The monoisotopic (exact) mass is 294 g/mol. The smallest absolute Gasteiger partial charge is 0.163 e. The molecule has 1 aromatic carbocycles.